The molecule has 0 unspecified atom stereocenters. The Morgan fingerprint density at radius 2 is 2.00 bits per heavy atom. The van der Waals surface area contributed by atoms with E-state index in [2.05, 4.69) is 15.7 Å². The van der Waals surface area contributed by atoms with Crippen molar-refractivity contribution in [2.45, 2.75) is 17.4 Å². The Labute approximate surface area is 161 Å². The highest BCUT2D eigenvalue weighted by molar-refractivity contribution is 7.98. The van der Waals surface area contributed by atoms with Crippen LogP contribution in [0.25, 0.3) is 11.3 Å². The Morgan fingerprint density at radius 1 is 1.19 bits per heavy atom. The van der Waals surface area contributed by atoms with Crippen molar-refractivity contribution in [3.05, 3.63) is 60.7 Å². The van der Waals surface area contributed by atoms with Gasteiger partial charge in [-0.15, -0.1) is 11.8 Å². The minimum Gasteiger partial charge on any atom is -0.324 e. The van der Waals surface area contributed by atoms with Crippen LogP contribution in [-0.4, -0.2) is 27.9 Å². The van der Waals surface area contributed by atoms with Crippen LogP contribution in [0.15, 0.2) is 65.6 Å². The van der Waals surface area contributed by atoms with Gasteiger partial charge in [0, 0.05) is 22.2 Å². The van der Waals surface area contributed by atoms with E-state index < -0.39 is 6.04 Å². The van der Waals surface area contributed by atoms with Crippen LogP contribution >= 0.6 is 11.8 Å². The van der Waals surface area contributed by atoms with E-state index in [-0.39, 0.29) is 18.2 Å². The summed E-state index contributed by atoms with van der Waals surface area (Å²) in [6.45, 7) is 0. The molecule has 2 N–H and O–H groups in total. The average molecular weight is 378 g/mol. The summed E-state index contributed by atoms with van der Waals surface area (Å²) in [6.07, 6.45) is 2.03. The number of hydrogen-bond acceptors (Lipinski definition) is 4. The summed E-state index contributed by atoms with van der Waals surface area (Å²) in [5.41, 5.74) is 2.35. The van der Waals surface area contributed by atoms with Gasteiger partial charge in [-0.25, -0.2) is 4.68 Å². The van der Waals surface area contributed by atoms with Crippen molar-refractivity contribution in [1.82, 2.24) is 9.78 Å². The number of aromatic nitrogens is 2. The van der Waals surface area contributed by atoms with E-state index in [1.54, 1.807) is 22.5 Å². The predicted molar refractivity (Wildman–Crippen MR) is 107 cm³/mol. The quantitative estimate of drug-likeness (QED) is 0.677. The van der Waals surface area contributed by atoms with E-state index in [1.807, 2.05) is 60.9 Å². The maximum absolute atomic E-state index is 12.9. The molecule has 4 rings (SSSR count). The van der Waals surface area contributed by atoms with Gasteiger partial charge in [0.1, 0.15) is 11.9 Å². The van der Waals surface area contributed by atoms with Crippen LogP contribution in [0.4, 0.5) is 11.5 Å². The second kappa shape index (κ2) is 7.28. The molecule has 1 aliphatic rings. The molecule has 2 amide bonds. The first-order valence-electron chi connectivity index (χ1n) is 8.54. The zero-order valence-corrected chi connectivity index (χ0v) is 15.5. The number of nitrogens with one attached hydrogen (secondary N) is 2. The molecule has 0 saturated carbocycles. The highest BCUT2D eigenvalue weighted by atomic mass is 32.2. The van der Waals surface area contributed by atoms with Gasteiger partial charge >= 0.3 is 0 Å². The number of benzene rings is 2. The number of nitrogens with zero attached hydrogens (tertiary/aromatic N) is 2. The van der Waals surface area contributed by atoms with Crippen molar-refractivity contribution in [3.63, 3.8) is 0 Å². The SMILES string of the molecule is CSc1cccc(NC(=O)[C@H]2CC(=O)Nc3cc(-c4ccccc4)nn32)c1. The van der Waals surface area contributed by atoms with E-state index in [4.69, 9.17) is 0 Å². The van der Waals surface area contributed by atoms with Gasteiger partial charge in [0.05, 0.1) is 12.1 Å². The van der Waals surface area contributed by atoms with Crippen LogP contribution in [0.3, 0.4) is 0 Å². The molecule has 0 fully saturated rings. The molecule has 0 aliphatic carbocycles. The topological polar surface area (TPSA) is 76.0 Å². The van der Waals surface area contributed by atoms with Gasteiger partial charge in [-0.05, 0) is 24.5 Å². The Kier molecular flexibility index (Phi) is 4.68. The van der Waals surface area contributed by atoms with E-state index in [0.717, 1.165) is 16.2 Å². The lowest BCUT2D eigenvalue weighted by molar-refractivity contribution is -0.125. The summed E-state index contributed by atoms with van der Waals surface area (Å²) in [7, 11) is 0. The van der Waals surface area contributed by atoms with E-state index in [9.17, 15) is 9.59 Å². The minimum atomic E-state index is -0.691. The van der Waals surface area contributed by atoms with E-state index in [0.29, 0.717) is 11.5 Å². The van der Waals surface area contributed by atoms with Crippen molar-refractivity contribution in [3.8, 4) is 11.3 Å². The highest BCUT2D eigenvalue weighted by Gasteiger charge is 2.32. The third-order valence-corrected chi connectivity index (χ3v) is 5.11. The van der Waals surface area contributed by atoms with Crippen molar-refractivity contribution in [2.24, 2.45) is 0 Å². The summed E-state index contributed by atoms with van der Waals surface area (Å²) < 4.78 is 1.59. The smallest absolute Gasteiger partial charge is 0.249 e. The van der Waals surface area contributed by atoms with Crippen LogP contribution < -0.4 is 10.6 Å². The number of hydrogen-bond donors (Lipinski definition) is 2. The zero-order chi connectivity index (χ0) is 18.8. The lowest BCUT2D eigenvalue weighted by atomic mass is 10.1. The number of carbonyl (C=O) groups excluding carboxylic acids is 2. The molecule has 6 nitrogen and oxygen atoms in total. The summed E-state index contributed by atoms with van der Waals surface area (Å²) in [5, 5.41) is 10.3. The summed E-state index contributed by atoms with van der Waals surface area (Å²) in [4.78, 5) is 26.0. The molecule has 3 aromatic rings. The molecule has 7 heteroatoms. The van der Waals surface area contributed by atoms with E-state index >= 15 is 0 Å². The molecule has 0 saturated heterocycles. The molecule has 0 bridgehead atoms. The number of thioether (sulfide) groups is 1. The third kappa shape index (κ3) is 3.59. The van der Waals surface area contributed by atoms with Gasteiger partial charge < -0.3 is 10.6 Å². The highest BCUT2D eigenvalue weighted by Crippen LogP contribution is 2.30. The van der Waals surface area contributed by atoms with E-state index in [1.165, 1.54) is 0 Å². The standard InChI is InChI=1S/C20H18N4O2S/c1-27-15-9-5-8-14(10-15)21-20(26)17-12-19(25)22-18-11-16(23-24(17)18)13-6-3-2-4-7-13/h2-11,17H,12H2,1H3,(H,21,26)(H,22,25)/t17-/m1/s1. The second-order valence-electron chi connectivity index (χ2n) is 6.21. The Balaban J connectivity index is 1.63. The fraction of sp³-hybridized carbons (Fsp3) is 0.150. The molecule has 1 aliphatic heterocycles. The summed E-state index contributed by atoms with van der Waals surface area (Å²) in [5.74, 6) is 0.0789. The van der Waals surface area contributed by atoms with Crippen molar-refractivity contribution >= 4 is 35.1 Å². The normalized spacial score (nSPS) is 15.7. The van der Waals surface area contributed by atoms with Gasteiger partial charge in [-0.3, -0.25) is 9.59 Å². The molecule has 0 radical (unpaired) electrons. The number of rotatable bonds is 4. The molecular weight excluding hydrogens is 360 g/mol. The van der Waals surface area contributed by atoms with Crippen LogP contribution in [-0.2, 0) is 9.59 Å². The molecular formula is C20H18N4O2S. The summed E-state index contributed by atoms with van der Waals surface area (Å²) in [6, 6.07) is 18.4. The Bertz CT molecular complexity index is 1000. The zero-order valence-electron chi connectivity index (χ0n) is 14.7. The lowest BCUT2D eigenvalue weighted by Gasteiger charge is -2.23. The number of anilines is 2. The van der Waals surface area contributed by atoms with Gasteiger partial charge in [0.15, 0.2) is 0 Å². The first-order valence-corrected chi connectivity index (χ1v) is 9.76. The molecule has 1 aromatic heterocycles. The fourth-order valence-electron chi connectivity index (χ4n) is 3.06. The number of carbonyl (C=O) groups is 2. The molecule has 2 aromatic carbocycles. The maximum Gasteiger partial charge on any atom is 0.249 e. The fourth-order valence-corrected chi connectivity index (χ4v) is 3.52. The predicted octanol–water partition coefficient (Wildman–Crippen LogP) is 3.79. The molecule has 2 heterocycles. The second-order valence-corrected chi connectivity index (χ2v) is 7.09. The summed E-state index contributed by atoms with van der Waals surface area (Å²) >= 11 is 1.60. The first-order chi connectivity index (χ1) is 13.1. The van der Waals surface area contributed by atoms with Crippen LogP contribution in [0.2, 0.25) is 0 Å². The number of amides is 2. The van der Waals surface area contributed by atoms with Crippen molar-refractivity contribution < 1.29 is 9.59 Å². The van der Waals surface area contributed by atoms with Crippen LogP contribution in [0, 0.1) is 0 Å². The third-order valence-electron chi connectivity index (χ3n) is 4.39. The largest absolute Gasteiger partial charge is 0.324 e. The van der Waals surface area contributed by atoms with Crippen LogP contribution in [0.1, 0.15) is 12.5 Å². The Hall–Kier alpha value is -3.06. The number of fused-ring (bicyclic) bond motifs is 1. The molecule has 136 valence electrons. The average Bonchev–Trinajstić information content (AvgIpc) is 3.12. The van der Waals surface area contributed by atoms with Crippen molar-refractivity contribution in [2.75, 3.05) is 16.9 Å². The first kappa shape index (κ1) is 17.4. The van der Waals surface area contributed by atoms with Crippen LogP contribution in [0.5, 0.6) is 0 Å². The Morgan fingerprint density at radius 3 is 2.78 bits per heavy atom. The van der Waals surface area contributed by atoms with Gasteiger partial charge in [0.25, 0.3) is 0 Å². The van der Waals surface area contributed by atoms with Gasteiger partial charge in [0.2, 0.25) is 11.8 Å². The van der Waals surface area contributed by atoms with Gasteiger partial charge in [-0.2, -0.15) is 5.10 Å². The van der Waals surface area contributed by atoms with Crippen molar-refractivity contribution in [1.29, 1.82) is 0 Å². The lowest BCUT2D eigenvalue weighted by Crippen LogP contribution is -2.35. The molecule has 27 heavy (non-hydrogen) atoms. The van der Waals surface area contributed by atoms with Gasteiger partial charge in [-0.1, -0.05) is 36.4 Å². The molecule has 0 spiro atoms. The maximum atomic E-state index is 12.9. The monoisotopic (exact) mass is 378 g/mol. The minimum absolute atomic E-state index is 0.0525. The molecule has 1 atom stereocenters.